The Hall–Kier alpha value is -1.26. The largest absolute Gasteiger partial charge is 0.507 e. The van der Waals surface area contributed by atoms with E-state index in [2.05, 4.69) is 5.32 Å². The molecule has 19 heavy (non-hydrogen) atoms. The Kier molecular flexibility index (Phi) is 5.20. The van der Waals surface area contributed by atoms with Crippen molar-refractivity contribution < 1.29 is 15.0 Å². The number of halogens is 1. The molecule has 1 atom stereocenters. The molecule has 1 aromatic carbocycles. The molecule has 0 aliphatic rings. The predicted octanol–water partition coefficient (Wildman–Crippen LogP) is 2.57. The molecule has 1 amide bonds. The maximum absolute atomic E-state index is 12.1. The van der Waals surface area contributed by atoms with E-state index in [0.29, 0.717) is 11.4 Å². The van der Waals surface area contributed by atoms with Gasteiger partial charge in [0.05, 0.1) is 5.56 Å². The first-order valence-corrected chi connectivity index (χ1v) is 6.53. The highest BCUT2D eigenvalue weighted by molar-refractivity contribution is 6.31. The zero-order chi connectivity index (χ0) is 14.6. The Morgan fingerprint density at radius 1 is 1.42 bits per heavy atom. The van der Waals surface area contributed by atoms with E-state index in [-0.39, 0.29) is 29.4 Å². The highest BCUT2D eigenvalue weighted by Gasteiger charge is 2.26. The Labute approximate surface area is 118 Å². The van der Waals surface area contributed by atoms with Crippen molar-refractivity contribution in [3.05, 3.63) is 28.8 Å². The average Bonchev–Trinajstić information content (AvgIpc) is 2.30. The number of benzene rings is 1. The van der Waals surface area contributed by atoms with Crippen LogP contribution in [0.2, 0.25) is 5.02 Å². The number of carbonyl (C=O) groups is 1. The molecule has 106 valence electrons. The topological polar surface area (TPSA) is 69.6 Å². The maximum Gasteiger partial charge on any atom is 0.255 e. The van der Waals surface area contributed by atoms with Gasteiger partial charge in [-0.25, -0.2) is 0 Å². The molecular weight excluding hydrogens is 266 g/mol. The number of rotatable bonds is 4. The lowest BCUT2D eigenvalue weighted by molar-refractivity contribution is 0.0882. The molecule has 0 aliphatic heterocycles. The molecule has 3 N–H and O–H groups in total. The van der Waals surface area contributed by atoms with Crippen LogP contribution in [-0.4, -0.2) is 28.8 Å². The standard InChI is InChI=1S/C14H20ClNO3/c1-14(2,3)12(6-7-17)16-13(19)10-8-9(15)4-5-11(10)18/h4-5,8,12,17-18H,6-7H2,1-3H3,(H,16,19). The second-order valence-corrected chi connectivity index (χ2v) is 6.00. The maximum atomic E-state index is 12.1. The van der Waals surface area contributed by atoms with E-state index in [1.165, 1.54) is 18.2 Å². The molecule has 0 saturated carbocycles. The highest BCUT2D eigenvalue weighted by Crippen LogP contribution is 2.25. The molecule has 0 fully saturated rings. The van der Waals surface area contributed by atoms with Crippen LogP contribution in [0.3, 0.4) is 0 Å². The first-order valence-electron chi connectivity index (χ1n) is 6.16. The molecule has 0 bridgehead atoms. The van der Waals surface area contributed by atoms with E-state index in [0.717, 1.165) is 0 Å². The van der Waals surface area contributed by atoms with Gasteiger partial charge in [0.1, 0.15) is 5.75 Å². The van der Waals surface area contributed by atoms with Crippen molar-refractivity contribution in [1.82, 2.24) is 5.32 Å². The first-order chi connectivity index (χ1) is 8.75. The third-order valence-corrected chi connectivity index (χ3v) is 3.21. The molecule has 0 saturated heterocycles. The van der Waals surface area contributed by atoms with Crippen LogP contribution in [0.25, 0.3) is 0 Å². The minimum atomic E-state index is -0.395. The lowest BCUT2D eigenvalue weighted by Crippen LogP contribution is -2.44. The van der Waals surface area contributed by atoms with Crippen molar-refractivity contribution in [2.45, 2.75) is 33.2 Å². The summed E-state index contributed by atoms with van der Waals surface area (Å²) in [6.07, 6.45) is 0.455. The summed E-state index contributed by atoms with van der Waals surface area (Å²) < 4.78 is 0. The summed E-state index contributed by atoms with van der Waals surface area (Å²) in [6, 6.07) is 4.13. The van der Waals surface area contributed by atoms with Crippen LogP contribution >= 0.6 is 11.6 Å². The zero-order valence-electron chi connectivity index (χ0n) is 11.4. The molecule has 1 unspecified atom stereocenters. The van der Waals surface area contributed by atoms with Gasteiger partial charge in [-0.2, -0.15) is 0 Å². The Balaban J connectivity index is 2.91. The Morgan fingerprint density at radius 2 is 2.05 bits per heavy atom. The van der Waals surface area contributed by atoms with Crippen LogP contribution in [0.5, 0.6) is 5.75 Å². The molecule has 0 spiro atoms. The van der Waals surface area contributed by atoms with Gasteiger partial charge in [0.15, 0.2) is 0 Å². The van der Waals surface area contributed by atoms with Crippen LogP contribution in [0.1, 0.15) is 37.6 Å². The quantitative estimate of drug-likeness (QED) is 0.796. The number of aliphatic hydroxyl groups excluding tert-OH is 1. The van der Waals surface area contributed by atoms with Gasteiger partial charge in [-0.15, -0.1) is 0 Å². The fourth-order valence-corrected chi connectivity index (χ4v) is 1.95. The van der Waals surface area contributed by atoms with Crippen LogP contribution in [0.15, 0.2) is 18.2 Å². The van der Waals surface area contributed by atoms with Crippen LogP contribution in [-0.2, 0) is 0 Å². The monoisotopic (exact) mass is 285 g/mol. The molecule has 0 radical (unpaired) electrons. The smallest absolute Gasteiger partial charge is 0.255 e. The van der Waals surface area contributed by atoms with Gasteiger partial charge in [-0.1, -0.05) is 32.4 Å². The third kappa shape index (κ3) is 4.40. The van der Waals surface area contributed by atoms with Gasteiger partial charge >= 0.3 is 0 Å². The summed E-state index contributed by atoms with van der Waals surface area (Å²) in [5.41, 5.74) is -0.0493. The number of aromatic hydroxyl groups is 1. The minimum Gasteiger partial charge on any atom is -0.507 e. The molecule has 4 nitrogen and oxygen atoms in total. The van der Waals surface area contributed by atoms with Gasteiger partial charge in [0, 0.05) is 17.7 Å². The number of hydrogen-bond donors (Lipinski definition) is 3. The number of phenolic OH excluding ortho intramolecular Hbond substituents is 1. The fourth-order valence-electron chi connectivity index (χ4n) is 1.78. The molecule has 1 rings (SSSR count). The second kappa shape index (κ2) is 6.26. The Morgan fingerprint density at radius 3 is 2.58 bits per heavy atom. The van der Waals surface area contributed by atoms with Gasteiger partial charge in [-0.3, -0.25) is 4.79 Å². The molecular formula is C14H20ClNO3. The SMILES string of the molecule is CC(C)(C)C(CCO)NC(=O)c1cc(Cl)ccc1O. The lowest BCUT2D eigenvalue weighted by atomic mass is 9.84. The van der Waals surface area contributed by atoms with Crippen LogP contribution < -0.4 is 5.32 Å². The van der Waals surface area contributed by atoms with E-state index >= 15 is 0 Å². The summed E-state index contributed by atoms with van der Waals surface area (Å²) >= 11 is 5.82. The van der Waals surface area contributed by atoms with E-state index in [9.17, 15) is 9.90 Å². The van der Waals surface area contributed by atoms with Crippen LogP contribution in [0, 0.1) is 5.41 Å². The summed E-state index contributed by atoms with van der Waals surface area (Å²) in [4.78, 5) is 12.1. The minimum absolute atomic E-state index is 0.0102. The lowest BCUT2D eigenvalue weighted by Gasteiger charge is -2.31. The van der Waals surface area contributed by atoms with E-state index in [1.54, 1.807) is 0 Å². The molecule has 0 heterocycles. The number of carbonyl (C=O) groups excluding carboxylic acids is 1. The normalized spacial score (nSPS) is 13.1. The summed E-state index contributed by atoms with van der Waals surface area (Å²) in [7, 11) is 0. The Bertz CT molecular complexity index is 454. The number of phenols is 1. The van der Waals surface area contributed by atoms with Gasteiger partial charge in [0.25, 0.3) is 5.91 Å². The molecule has 5 heteroatoms. The van der Waals surface area contributed by atoms with E-state index < -0.39 is 5.91 Å². The highest BCUT2D eigenvalue weighted by atomic mass is 35.5. The van der Waals surface area contributed by atoms with Crippen molar-refractivity contribution in [2.24, 2.45) is 5.41 Å². The van der Waals surface area contributed by atoms with Crippen molar-refractivity contribution in [2.75, 3.05) is 6.61 Å². The predicted molar refractivity (Wildman–Crippen MR) is 75.5 cm³/mol. The number of amides is 1. The molecule has 1 aromatic rings. The van der Waals surface area contributed by atoms with Gasteiger partial charge in [-0.05, 0) is 30.0 Å². The number of aliphatic hydroxyl groups is 1. The molecule has 0 aliphatic carbocycles. The summed E-state index contributed by atoms with van der Waals surface area (Å²) in [6.45, 7) is 5.92. The fraction of sp³-hybridized carbons (Fsp3) is 0.500. The first kappa shape index (κ1) is 15.8. The van der Waals surface area contributed by atoms with Crippen molar-refractivity contribution in [1.29, 1.82) is 0 Å². The number of hydrogen-bond acceptors (Lipinski definition) is 3. The number of nitrogens with one attached hydrogen (secondary N) is 1. The second-order valence-electron chi connectivity index (χ2n) is 5.57. The van der Waals surface area contributed by atoms with E-state index in [4.69, 9.17) is 16.7 Å². The third-order valence-electron chi connectivity index (χ3n) is 2.97. The van der Waals surface area contributed by atoms with Gasteiger partial charge in [0.2, 0.25) is 0 Å². The van der Waals surface area contributed by atoms with Crippen molar-refractivity contribution in [3.63, 3.8) is 0 Å². The average molecular weight is 286 g/mol. The van der Waals surface area contributed by atoms with Gasteiger partial charge < -0.3 is 15.5 Å². The van der Waals surface area contributed by atoms with Crippen molar-refractivity contribution >= 4 is 17.5 Å². The van der Waals surface area contributed by atoms with E-state index in [1.807, 2.05) is 20.8 Å². The summed E-state index contributed by atoms with van der Waals surface area (Å²) in [5.74, 6) is -0.507. The summed E-state index contributed by atoms with van der Waals surface area (Å²) in [5, 5.41) is 22.0. The zero-order valence-corrected chi connectivity index (χ0v) is 12.2. The van der Waals surface area contributed by atoms with Crippen LogP contribution in [0.4, 0.5) is 0 Å². The molecule has 0 aromatic heterocycles. The van der Waals surface area contributed by atoms with Crippen molar-refractivity contribution in [3.8, 4) is 5.75 Å².